The molecular weight excluding hydrogens is 306 g/mol. The lowest BCUT2D eigenvalue weighted by Gasteiger charge is -2.10. The Morgan fingerprint density at radius 2 is 1.74 bits per heavy atom. The lowest BCUT2D eigenvalue weighted by molar-refractivity contribution is 0.155. The van der Waals surface area contributed by atoms with E-state index in [0.29, 0.717) is 0 Å². The summed E-state index contributed by atoms with van der Waals surface area (Å²) in [5.74, 6) is 0. The fourth-order valence-electron chi connectivity index (χ4n) is 2.35. The van der Waals surface area contributed by atoms with Gasteiger partial charge in [-0.15, -0.1) is 11.8 Å². The smallest absolute Gasteiger partial charge is 0.411 e. The van der Waals surface area contributed by atoms with Crippen LogP contribution in [0.25, 0.3) is 10.8 Å². The Labute approximate surface area is 139 Å². The van der Waals surface area contributed by atoms with Gasteiger partial charge >= 0.3 is 6.09 Å². The first-order valence-corrected chi connectivity index (χ1v) is 8.53. The molecule has 116 valence electrons. The number of carbonyl (C=O) groups is 1. The van der Waals surface area contributed by atoms with E-state index in [2.05, 4.69) is 5.32 Å². The molecule has 3 rings (SSSR count). The number of benzene rings is 3. The summed E-state index contributed by atoms with van der Waals surface area (Å²) >= 11 is 1.68. The summed E-state index contributed by atoms with van der Waals surface area (Å²) in [6, 6.07) is 21.7. The third kappa shape index (κ3) is 3.85. The summed E-state index contributed by atoms with van der Waals surface area (Å²) in [4.78, 5) is 13.2. The van der Waals surface area contributed by atoms with Crippen molar-refractivity contribution < 1.29 is 9.53 Å². The van der Waals surface area contributed by atoms with Crippen molar-refractivity contribution in [2.24, 2.45) is 0 Å². The molecule has 0 saturated carbocycles. The summed E-state index contributed by atoms with van der Waals surface area (Å²) in [5.41, 5.74) is 1.72. The van der Waals surface area contributed by atoms with Crippen LogP contribution >= 0.6 is 11.8 Å². The zero-order valence-electron chi connectivity index (χ0n) is 12.8. The third-order valence-electron chi connectivity index (χ3n) is 3.56. The topological polar surface area (TPSA) is 38.3 Å². The summed E-state index contributed by atoms with van der Waals surface area (Å²) in [7, 11) is 0. The van der Waals surface area contributed by atoms with Crippen molar-refractivity contribution in [2.45, 2.75) is 11.5 Å². The van der Waals surface area contributed by atoms with Crippen LogP contribution in [0.3, 0.4) is 0 Å². The molecule has 0 radical (unpaired) electrons. The molecule has 1 N–H and O–H groups in total. The zero-order valence-corrected chi connectivity index (χ0v) is 13.6. The Balaban J connectivity index is 1.64. The van der Waals surface area contributed by atoms with Gasteiger partial charge in [0.2, 0.25) is 0 Å². The average Bonchev–Trinajstić information content (AvgIpc) is 2.61. The van der Waals surface area contributed by atoms with Crippen LogP contribution in [0.4, 0.5) is 10.5 Å². The number of hydrogen-bond acceptors (Lipinski definition) is 3. The van der Waals surface area contributed by atoms with Gasteiger partial charge < -0.3 is 4.74 Å². The summed E-state index contributed by atoms with van der Waals surface area (Å²) in [5, 5.41) is 4.89. The van der Waals surface area contributed by atoms with Gasteiger partial charge in [0.05, 0.1) is 5.69 Å². The minimum Gasteiger partial charge on any atom is -0.444 e. The summed E-state index contributed by atoms with van der Waals surface area (Å²) in [6.07, 6.45) is 1.58. The molecule has 1 amide bonds. The first-order chi connectivity index (χ1) is 11.3. The van der Waals surface area contributed by atoms with Crippen molar-refractivity contribution in [3.63, 3.8) is 0 Å². The highest BCUT2D eigenvalue weighted by atomic mass is 32.2. The molecule has 3 aromatic carbocycles. The third-order valence-corrected chi connectivity index (χ3v) is 4.30. The monoisotopic (exact) mass is 323 g/mol. The van der Waals surface area contributed by atoms with Crippen LogP contribution in [0, 0.1) is 0 Å². The van der Waals surface area contributed by atoms with Crippen LogP contribution in [0.2, 0.25) is 0 Å². The second kappa shape index (κ2) is 7.20. The fourth-order valence-corrected chi connectivity index (χ4v) is 2.76. The Hall–Kier alpha value is -2.46. The van der Waals surface area contributed by atoms with Gasteiger partial charge in [0.25, 0.3) is 0 Å². The maximum Gasteiger partial charge on any atom is 0.411 e. The van der Waals surface area contributed by atoms with E-state index < -0.39 is 6.09 Å². The lowest BCUT2D eigenvalue weighted by Crippen LogP contribution is -2.13. The molecule has 0 aliphatic heterocycles. The van der Waals surface area contributed by atoms with Gasteiger partial charge in [-0.3, -0.25) is 5.32 Å². The van der Waals surface area contributed by atoms with E-state index in [4.69, 9.17) is 4.74 Å². The highest BCUT2D eigenvalue weighted by Crippen LogP contribution is 2.23. The second-order valence-corrected chi connectivity index (χ2v) is 5.96. The number of anilines is 1. The van der Waals surface area contributed by atoms with Crippen LogP contribution in [-0.4, -0.2) is 12.3 Å². The van der Waals surface area contributed by atoms with Gasteiger partial charge in [-0.1, -0.05) is 48.5 Å². The standard InChI is InChI=1S/C19H17NO2S/c1-23-16-11-9-14(10-12-16)13-22-19(21)20-18-8-4-6-15-5-2-3-7-17(15)18/h2-12H,13H2,1H3,(H,20,21). The lowest BCUT2D eigenvalue weighted by atomic mass is 10.1. The predicted octanol–water partition coefficient (Wildman–Crippen LogP) is 5.31. The molecule has 4 heteroatoms. The predicted molar refractivity (Wildman–Crippen MR) is 96.0 cm³/mol. The quantitative estimate of drug-likeness (QED) is 0.661. The van der Waals surface area contributed by atoms with E-state index in [-0.39, 0.29) is 6.61 Å². The second-order valence-electron chi connectivity index (χ2n) is 5.08. The van der Waals surface area contributed by atoms with E-state index >= 15 is 0 Å². The van der Waals surface area contributed by atoms with Crippen molar-refractivity contribution in [3.05, 3.63) is 72.3 Å². The van der Waals surface area contributed by atoms with Gasteiger partial charge in [-0.05, 0) is 35.4 Å². The van der Waals surface area contributed by atoms with E-state index in [1.54, 1.807) is 11.8 Å². The Morgan fingerprint density at radius 1 is 1.00 bits per heavy atom. The van der Waals surface area contributed by atoms with Crippen molar-refractivity contribution >= 4 is 34.3 Å². The number of ether oxygens (including phenoxy) is 1. The van der Waals surface area contributed by atoms with Gasteiger partial charge in [-0.25, -0.2) is 4.79 Å². The number of fused-ring (bicyclic) bond motifs is 1. The summed E-state index contributed by atoms with van der Waals surface area (Å²) < 4.78 is 5.30. The molecule has 0 aliphatic rings. The van der Waals surface area contributed by atoms with Gasteiger partial charge in [0.1, 0.15) is 6.61 Å². The van der Waals surface area contributed by atoms with Crippen molar-refractivity contribution in [1.82, 2.24) is 0 Å². The highest BCUT2D eigenvalue weighted by Gasteiger charge is 2.06. The number of thioether (sulfide) groups is 1. The minimum absolute atomic E-state index is 0.255. The van der Waals surface area contributed by atoms with Gasteiger partial charge in [0, 0.05) is 10.3 Å². The number of carbonyl (C=O) groups excluding carboxylic acids is 1. The van der Waals surface area contributed by atoms with E-state index in [9.17, 15) is 4.79 Å². The van der Waals surface area contributed by atoms with Crippen LogP contribution in [0.1, 0.15) is 5.56 Å². The highest BCUT2D eigenvalue weighted by molar-refractivity contribution is 7.98. The van der Waals surface area contributed by atoms with Crippen molar-refractivity contribution in [2.75, 3.05) is 11.6 Å². The van der Waals surface area contributed by atoms with Gasteiger partial charge in [0.15, 0.2) is 0 Å². The van der Waals surface area contributed by atoms with Crippen molar-refractivity contribution in [3.8, 4) is 0 Å². The average molecular weight is 323 g/mol. The maximum atomic E-state index is 12.0. The fraction of sp³-hybridized carbons (Fsp3) is 0.105. The van der Waals surface area contributed by atoms with Crippen LogP contribution < -0.4 is 5.32 Å². The molecule has 0 bridgehead atoms. The Morgan fingerprint density at radius 3 is 2.52 bits per heavy atom. The normalized spacial score (nSPS) is 10.5. The molecule has 3 aromatic rings. The molecule has 0 atom stereocenters. The molecule has 23 heavy (non-hydrogen) atoms. The van der Waals surface area contributed by atoms with E-state index in [1.165, 1.54) is 4.90 Å². The van der Waals surface area contributed by atoms with E-state index in [0.717, 1.165) is 22.0 Å². The number of amides is 1. The SMILES string of the molecule is CSc1ccc(COC(=O)Nc2cccc3ccccc23)cc1. The maximum absolute atomic E-state index is 12.0. The molecule has 0 unspecified atom stereocenters. The van der Waals surface area contributed by atoms with Crippen LogP contribution in [0.5, 0.6) is 0 Å². The molecule has 0 heterocycles. The molecule has 3 nitrogen and oxygen atoms in total. The van der Waals surface area contributed by atoms with Crippen LogP contribution in [-0.2, 0) is 11.3 Å². The first-order valence-electron chi connectivity index (χ1n) is 7.31. The minimum atomic E-state index is -0.449. The van der Waals surface area contributed by atoms with E-state index in [1.807, 2.05) is 73.0 Å². The van der Waals surface area contributed by atoms with Gasteiger partial charge in [-0.2, -0.15) is 0 Å². The van der Waals surface area contributed by atoms with Crippen LogP contribution in [0.15, 0.2) is 71.6 Å². The number of hydrogen-bond donors (Lipinski definition) is 1. The molecule has 0 saturated heterocycles. The molecule has 0 spiro atoms. The van der Waals surface area contributed by atoms with Crippen molar-refractivity contribution in [1.29, 1.82) is 0 Å². The molecule has 0 fully saturated rings. The first kappa shape index (κ1) is 15.4. The zero-order chi connectivity index (χ0) is 16.1. The molecular formula is C19H17NO2S. The Bertz CT molecular complexity index is 810. The number of nitrogens with one attached hydrogen (secondary N) is 1. The summed E-state index contributed by atoms with van der Waals surface area (Å²) in [6.45, 7) is 0.255. The Kier molecular flexibility index (Phi) is 4.83. The largest absolute Gasteiger partial charge is 0.444 e. The number of rotatable bonds is 4. The molecule has 0 aromatic heterocycles. The molecule has 0 aliphatic carbocycles.